The first kappa shape index (κ1) is 88.2. The zero-order valence-electron chi connectivity index (χ0n) is 64.9. The largest absolute Gasteiger partial charge is 1.00 e. The number of amides is 2. The Labute approximate surface area is 703 Å². The minimum absolute atomic E-state index is 0. The second kappa shape index (κ2) is 43.1. The van der Waals surface area contributed by atoms with E-state index in [1.807, 2.05) is 127 Å². The zero-order valence-corrected chi connectivity index (χ0v) is 69.4. The lowest BCUT2D eigenvalue weighted by molar-refractivity contribution is -0.143. The number of halogens is 4. The van der Waals surface area contributed by atoms with Crippen LogP contribution >= 0.6 is 34.8 Å². The van der Waals surface area contributed by atoms with E-state index in [4.69, 9.17) is 88.4 Å². The number of aromatic nitrogens is 6. The fraction of sp³-hybridized carbons (Fsp3) is 0.239. The average Bonchev–Trinajstić information content (AvgIpc) is 1.64. The fourth-order valence-corrected chi connectivity index (χ4v) is 13.2. The van der Waals surface area contributed by atoms with Gasteiger partial charge in [-0.25, -0.2) is 34.7 Å². The van der Waals surface area contributed by atoms with Crippen molar-refractivity contribution >= 4 is 76.8 Å². The van der Waals surface area contributed by atoms with Crippen LogP contribution in [0.4, 0.5) is 0 Å². The molecule has 11 aromatic rings. The Balaban J connectivity index is 0.000000186. The van der Waals surface area contributed by atoms with Crippen molar-refractivity contribution in [3.8, 4) is 57.2 Å². The maximum atomic E-state index is 13.8. The standard InChI is InChI=1S/C32H30ClN3O5.C24H21ClN2O5.C23H20ClN3O3.C9H13NO2.HI/c1-4-41-29(37)16-21-11-9-20(10-12-21)15-26-30-27(35-31(34-26)24-7-5-6-8-25(24)33)19-36(32(30)38)18-22-13-14-23(39-2)17-28(22)40-3;1-3-32-21(29)13-16-10-8-15(9-11-16)12-19-22(24(30)31-2)20(14-28)27-23(26-19)17-6-4-5-7-18(17)25;1-2-30-20(28)12-15-9-7-14(8-10-15)11-18-21-19(13-25-23(21)29)27-22(26-18)16-5-3-4-6-17(16)24;1-11-8-4-3-7(6-10)9(5-8)12-2;/h5-14,17H,4,15-16,18-19H2,1-3H3;4-11,14H,3,12-13H2,1-2H3;3-10H,2,11-13H2,1H3,(H,25,29);3-5H,6,10H2,1-2H3;1H/p-1. The zero-order chi connectivity index (χ0) is 82.1. The molecule has 0 saturated heterocycles. The molecule has 600 valence electrons. The van der Waals surface area contributed by atoms with Gasteiger partial charge < -0.3 is 77.8 Å². The predicted molar refractivity (Wildman–Crippen MR) is 435 cm³/mol. The molecule has 0 bridgehead atoms. The first-order chi connectivity index (χ1) is 55.7. The summed E-state index contributed by atoms with van der Waals surface area (Å²) in [7, 11) is 7.66. The number of nitrogens with zero attached hydrogens (tertiary/aromatic N) is 7. The van der Waals surface area contributed by atoms with Crippen LogP contribution in [0, 0.1) is 0 Å². The van der Waals surface area contributed by atoms with Crippen LogP contribution in [0.5, 0.6) is 23.0 Å². The van der Waals surface area contributed by atoms with Gasteiger partial charge in [0, 0.05) is 65.8 Å². The van der Waals surface area contributed by atoms with Crippen LogP contribution in [-0.2, 0) is 98.0 Å². The van der Waals surface area contributed by atoms with Gasteiger partial charge in [-0.3, -0.25) is 28.8 Å². The van der Waals surface area contributed by atoms with E-state index in [9.17, 15) is 33.6 Å². The van der Waals surface area contributed by atoms with Crippen LogP contribution in [0.1, 0.15) is 135 Å². The van der Waals surface area contributed by atoms with E-state index in [1.54, 1.807) is 109 Å². The SMILES string of the molecule is CCOC(=O)Cc1ccc(Cc2nc(-c3ccccc3Cl)nc(C=O)c2C(=O)OC)cc1.CCOC(=O)Cc1ccc(Cc2nc(-c3ccccc3Cl)nc3c2C(=O)N(Cc2ccc(OC)cc2OC)C3)cc1.CCOC(=O)Cc1ccc(Cc2nc(-c3ccccc3Cl)nc3c2C(=O)NC3)cc1.COc1ccc(CN)c(OC)c1.[I-]. The monoisotopic (exact) mass is 1740 g/mol. The Kier molecular flexibility index (Phi) is 32.8. The third-order valence-corrected chi connectivity index (χ3v) is 19.2. The molecule has 8 aromatic carbocycles. The van der Waals surface area contributed by atoms with Crippen LogP contribution in [0.3, 0.4) is 0 Å². The Morgan fingerprint density at radius 1 is 0.474 bits per heavy atom. The number of benzene rings is 8. The Hall–Kier alpha value is -11.8. The highest BCUT2D eigenvalue weighted by Crippen LogP contribution is 2.36. The summed E-state index contributed by atoms with van der Waals surface area (Å²) >= 11 is 19.1. The lowest BCUT2D eigenvalue weighted by Gasteiger charge is -2.18. The average molecular weight is 1740 g/mol. The molecular formula is C88H84Cl3IN9O15-. The molecule has 2 aliphatic rings. The van der Waals surface area contributed by atoms with Crippen molar-refractivity contribution < 1.29 is 95.4 Å². The molecule has 0 saturated carbocycles. The second-order valence-electron chi connectivity index (χ2n) is 25.8. The number of ether oxygens (including phenoxy) is 8. The molecule has 0 fully saturated rings. The van der Waals surface area contributed by atoms with E-state index < -0.39 is 5.97 Å². The highest BCUT2D eigenvalue weighted by atomic mass is 127. The van der Waals surface area contributed by atoms with Crippen molar-refractivity contribution in [3.05, 3.63) is 292 Å². The van der Waals surface area contributed by atoms with Crippen molar-refractivity contribution in [1.82, 2.24) is 40.1 Å². The summed E-state index contributed by atoms with van der Waals surface area (Å²) in [6.45, 7) is 7.89. The normalized spacial score (nSPS) is 11.4. The number of esters is 4. The number of methoxy groups -OCH3 is 5. The molecule has 2 amide bonds. The molecule has 13 rings (SSSR count). The number of hydrogen-bond donors (Lipinski definition) is 2. The van der Waals surface area contributed by atoms with Crippen molar-refractivity contribution in [2.24, 2.45) is 5.73 Å². The highest BCUT2D eigenvalue weighted by molar-refractivity contribution is 6.34. The van der Waals surface area contributed by atoms with Gasteiger partial charge in [0.15, 0.2) is 23.8 Å². The number of carbonyl (C=O) groups is 7. The number of hydrogen-bond acceptors (Lipinski definition) is 22. The van der Waals surface area contributed by atoms with Gasteiger partial charge in [0.25, 0.3) is 11.8 Å². The van der Waals surface area contributed by atoms with Crippen LogP contribution < -0.4 is 54.0 Å². The molecule has 0 atom stereocenters. The predicted octanol–water partition coefficient (Wildman–Crippen LogP) is 11.7. The summed E-state index contributed by atoms with van der Waals surface area (Å²) in [5.74, 6) is 2.26. The Morgan fingerprint density at radius 3 is 1.27 bits per heavy atom. The van der Waals surface area contributed by atoms with Gasteiger partial charge in [0.1, 0.15) is 34.3 Å². The van der Waals surface area contributed by atoms with Gasteiger partial charge in [-0.1, -0.05) is 150 Å². The number of nitrogens with two attached hydrogens (primary N) is 1. The molecule has 24 nitrogen and oxygen atoms in total. The molecule has 0 unspecified atom stereocenters. The molecule has 5 heterocycles. The molecule has 3 aromatic heterocycles. The third-order valence-electron chi connectivity index (χ3n) is 18.2. The first-order valence-corrected chi connectivity index (χ1v) is 37.7. The first-order valence-electron chi connectivity index (χ1n) is 36.6. The Bertz CT molecular complexity index is 5330. The van der Waals surface area contributed by atoms with Crippen molar-refractivity contribution in [3.63, 3.8) is 0 Å². The highest BCUT2D eigenvalue weighted by Gasteiger charge is 2.35. The fourth-order valence-electron chi connectivity index (χ4n) is 12.5. The van der Waals surface area contributed by atoms with E-state index in [2.05, 4.69) is 25.3 Å². The maximum absolute atomic E-state index is 13.8. The summed E-state index contributed by atoms with van der Waals surface area (Å²) in [5.41, 5.74) is 18.5. The van der Waals surface area contributed by atoms with E-state index in [1.165, 1.54) is 7.11 Å². The van der Waals surface area contributed by atoms with Gasteiger partial charge in [0.05, 0.1) is 149 Å². The number of nitrogens with one attached hydrogen (secondary N) is 1. The third kappa shape index (κ3) is 23.1. The van der Waals surface area contributed by atoms with Crippen molar-refractivity contribution in [2.45, 2.75) is 85.5 Å². The molecule has 28 heteroatoms. The van der Waals surface area contributed by atoms with Crippen LogP contribution in [-0.4, -0.2) is 132 Å². The summed E-state index contributed by atoms with van der Waals surface area (Å²) in [6.07, 6.45) is 2.22. The van der Waals surface area contributed by atoms with Crippen LogP contribution in [0.15, 0.2) is 182 Å². The lowest BCUT2D eigenvalue weighted by Crippen LogP contribution is -3.00. The van der Waals surface area contributed by atoms with Gasteiger partial charge in [0.2, 0.25) is 0 Å². The van der Waals surface area contributed by atoms with Crippen LogP contribution in [0.2, 0.25) is 15.1 Å². The van der Waals surface area contributed by atoms with Gasteiger partial charge in [-0.2, -0.15) is 0 Å². The molecule has 116 heavy (non-hydrogen) atoms. The summed E-state index contributed by atoms with van der Waals surface area (Å²) in [4.78, 5) is 115. The summed E-state index contributed by atoms with van der Waals surface area (Å²) in [6, 6.07) is 55.5. The quantitative estimate of drug-likeness (QED) is 0.0209. The molecule has 0 spiro atoms. The molecule has 0 radical (unpaired) electrons. The molecular weight excluding hydrogens is 1660 g/mol. The smallest absolute Gasteiger partial charge is 0.342 e. The van der Waals surface area contributed by atoms with Gasteiger partial charge >= 0.3 is 23.9 Å². The van der Waals surface area contributed by atoms with E-state index in [0.29, 0.717) is 154 Å². The number of fused-ring (bicyclic) bond motifs is 2. The second-order valence-corrected chi connectivity index (χ2v) is 27.0. The summed E-state index contributed by atoms with van der Waals surface area (Å²) in [5, 5.41) is 4.33. The summed E-state index contributed by atoms with van der Waals surface area (Å²) < 4.78 is 40.9. The number of rotatable bonds is 27. The van der Waals surface area contributed by atoms with E-state index in [0.717, 1.165) is 61.6 Å². The number of carbonyl (C=O) groups excluding carboxylic acids is 7. The maximum Gasteiger partial charge on any atom is 0.342 e. The number of aldehydes is 1. The molecule has 2 aliphatic heterocycles. The molecule has 3 N–H and O–H groups in total. The Morgan fingerprint density at radius 2 is 0.862 bits per heavy atom. The lowest BCUT2D eigenvalue weighted by atomic mass is 10.0. The van der Waals surface area contributed by atoms with E-state index in [-0.39, 0.29) is 96.5 Å². The van der Waals surface area contributed by atoms with Crippen molar-refractivity contribution in [1.29, 1.82) is 0 Å². The van der Waals surface area contributed by atoms with Gasteiger partial charge in [-0.05, 0) is 109 Å². The minimum Gasteiger partial charge on any atom is -1.00 e. The van der Waals surface area contributed by atoms with Gasteiger partial charge in [-0.15, -0.1) is 0 Å². The van der Waals surface area contributed by atoms with E-state index >= 15 is 0 Å². The topological polar surface area (TPSA) is 312 Å². The van der Waals surface area contributed by atoms with Crippen LogP contribution in [0.25, 0.3) is 34.2 Å². The molecule has 0 aliphatic carbocycles. The van der Waals surface area contributed by atoms with Crippen molar-refractivity contribution in [2.75, 3.05) is 55.4 Å². The minimum atomic E-state index is -0.702.